The molecule has 4 rings (SSSR count). The van der Waals surface area contributed by atoms with Gasteiger partial charge in [-0.25, -0.2) is 14.1 Å². The Hall–Kier alpha value is -3.26. The number of carbonyl (C=O) groups is 1. The fourth-order valence-electron chi connectivity index (χ4n) is 4.19. The summed E-state index contributed by atoms with van der Waals surface area (Å²) in [6, 6.07) is 13.9. The van der Waals surface area contributed by atoms with Crippen molar-refractivity contribution in [2.24, 2.45) is 0 Å². The zero-order valence-corrected chi connectivity index (χ0v) is 18.4. The number of likely N-dealkylation sites (tertiary alicyclic amines) is 1. The molecule has 0 spiro atoms. The monoisotopic (exact) mass is 437 g/mol. The van der Waals surface area contributed by atoms with Gasteiger partial charge in [0.2, 0.25) is 5.82 Å². The summed E-state index contributed by atoms with van der Waals surface area (Å²) in [5.74, 6) is 0.783. The minimum Gasteiger partial charge on any atom is -0.496 e. The van der Waals surface area contributed by atoms with E-state index in [0.717, 1.165) is 37.2 Å². The van der Waals surface area contributed by atoms with E-state index >= 15 is 0 Å². The lowest BCUT2D eigenvalue weighted by Gasteiger charge is -2.35. The van der Waals surface area contributed by atoms with Crippen LogP contribution < -0.4 is 10.1 Å². The summed E-state index contributed by atoms with van der Waals surface area (Å²) >= 11 is 0. The van der Waals surface area contributed by atoms with Crippen molar-refractivity contribution in [1.82, 2.24) is 25.0 Å². The van der Waals surface area contributed by atoms with E-state index in [1.165, 1.54) is 23.2 Å². The largest absolute Gasteiger partial charge is 0.496 e. The number of benzene rings is 2. The highest BCUT2D eigenvalue weighted by atomic mass is 19.1. The lowest BCUT2D eigenvalue weighted by Crippen LogP contribution is -2.41. The molecule has 1 N–H and O–H groups in total. The van der Waals surface area contributed by atoms with Crippen molar-refractivity contribution in [2.75, 3.05) is 26.7 Å². The van der Waals surface area contributed by atoms with Crippen LogP contribution in [-0.2, 0) is 0 Å². The van der Waals surface area contributed by atoms with Gasteiger partial charge in [-0.2, -0.15) is 0 Å². The summed E-state index contributed by atoms with van der Waals surface area (Å²) in [7, 11) is 1.67. The van der Waals surface area contributed by atoms with Gasteiger partial charge in [-0.1, -0.05) is 24.6 Å². The van der Waals surface area contributed by atoms with Crippen molar-refractivity contribution in [3.05, 3.63) is 71.6 Å². The van der Waals surface area contributed by atoms with Crippen LogP contribution in [0.1, 0.15) is 47.3 Å². The molecule has 1 aliphatic heterocycles. The Morgan fingerprint density at radius 3 is 2.56 bits per heavy atom. The Kier molecular flexibility index (Phi) is 6.80. The summed E-state index contributed by atoms with van der Waals surface area (Å²) in [5, 5.41) is 7.35. The first-order valence-electron chi connectivity index (χ1n) is 10.9. The summed E-state index contributed by atoms with van der Waals surface area (Å²) in [4.78, 5) is 19.6. The van der Waals surface area contributed by atoms with E-state index < -0.39 is 0 Å². The van der Waals surface area contributed by atoms with Gasteiger partial charge in [0.25, 0.3) is 5.91 Å². The molecular formula is C24H28FN5O2. The molecule has 1 unspecified atom stereocenters. The van der Waals surface area contributed by atoms with Gasteiger partial charge in [0, 0.05) is 12.1 Å². The van der Waals surface area contributed by atoms with Crippen molar-refractivity contribution in [3.8, 4) is 11.4 Å². The summed E-state index contributed by atoms with van der Waals surface area (Å²) in [6.45, 7) is 4.14. The number of carbonyl (C=O) groups excluding carboxylic acids is 1. The lowest BCUT2D eigenvalue weighted by atomic mass is 10.0. The Morgan fingerprint density at radius 2 is 1.84 bits per heavy atom. The molecule has 1 aliphatic rings. The molecule has 1 aromatic heterocycles. The van der Waals surface area contributed by atoms with Crippen LogP contribution in [0.5, 0.6) is 5.75 Å². The van der Waals surface area contributed by atoms with E-state index in [1.807, 2.05) is 18.2 Å². The smallest absolute Gasteiger partial charge is 0.291 e. The third-order valence-electron chi connectivity index (χ3n) is 5.83. The molecule has 0 saturated carbocycles. The highest BCUT2D eigenvalue weighted by Gasteiger charge is 2.26. The Balaban J connectivity index is 1.52. The van der Waals surface area contributed by atoms with Crippen LogP contribution in [0, 0.1) is 12.7 Å². The first-order valence-corrected chi connectivity index (χ1v) is 10.9. The average Bonchev–Trinajstić information content (AvgIpc) is 3.22. The van der Waals surface area contributed by atoms with E-state index in [1.54, 1.807) is 26.2 Å². The number of piperidine rings is 1. The average molecular weight is 438 g/mol. The van der Waals surface area contributed by atoms with Crippen LogP contribution in [0.4, 0.5) is 4.39 Å². The van der Waals surface area contributed by atoms with Gasteiger partial charge in [-0.3, -0.25) is 9.69 Å². The summed E-state index contributed by atoms with van der Waals surface area (Å²) < 4.78 is 20.4. The number of rotatable bonds is 7. The molecule has 32 heavy (non-hydrogen) atoms. The zero-order valence-electron chi connectivity index (χ0n) is 18.4. The van der Waals surface area contributed by atoms with Crippen LogP contribution in [0.25, 0.3) is 5.69 Å². The maximum atomic E-state index is 13.2. The second-order valence-electron chi connectivity index (χ2n) is 7.94. The highest BCUT2D eigenvalue weighted by molar-refractivity contribution is 5.90. The number of amides is 1. The third kappa shape index (κ3) is 4.80. The molecule has 2 heterocycles. The number of aromatic nitrogens is 3. The highest BCUT2D eigenvalue weighted by Crippen LogP contribution is 2.31. The lowest BCUT2D eigenvalue weighted by molar-refractivity contribution is 0.0913. The molecular weight excluding hydrogens is 409 g/mol. The maximum Gasteiger partial charge on any atom is 0.291 e. The molecule has 1 fully saturated rings. The second kappa shape index (κ2) is 9.91. The molecule has 168 valence electrons. The number of nitrogens with one attached hydrogen (secondary N) is 1. The van der Waals surface area contributed by atoms with Gasteiger partial charge in [0.05, 0.1) is 18.8 Å². The number of hydrogen-bond donors (Lipinski definition) is 1. The minimum absolute atomic E-state index is 0.00400. The van der Waals surface area contributed by atoms with Crippen LogP contribution >= 0.6 is 0 Å². The van der Waals surface area contributed by atoms with Crippen LogP contribution in [0.15, 0.2) is 48.5 Å². The molecule has 1 amide bonds. The van der Waals surface area contributed by atoms with E-state index in [-0.39, 0.29) is 23.6 Å². The van der Waals surface area contributed by atoms with Crippen molar-refractivity contribution in [3.63, 3.8) is 0 Å². The Bertz CT molecular complexity index is 1060. The molecule has 0 aliphatic carbocycles. The van der Waals surface area contributed by atoms with Crippen molar-refractivity contribution < 1.29 is 13.9 Å². The van der Waals surface area contributed by atoms with Gasteiger partial charge in [-0.05, 0) is 63.2 Å². The van der Waals surface area contributed by atoms with E-state index in [0.29, 0.717) is 18.1 Å². The fourth-order valence-corrected chi connectivity index (χ4v) is 4.19. The number of nitrogens with zero attached hydrogens (tertiary/aromatic N) is 4. The fraction of sp³-hybridized carbons (Fsp3) is 0.375. The molecule has 7 nitrogen and oxygen atoms in total. The van der Waals surface area contributed by atoms with E-state index in [4.69, 9.17) is 4.74 Å². The zero-order chi connectivity index (χ0) is 22.5. The number of hydrogen-bond acceptors (Lipinski definition) is 5. The van der Waals surface area contributed by atoms with Gasteiger partial charge in [-0.15, -0.1) is 5.10 Å². The van der Waals surface area contributed by atoms with Crippen LogP contribution in [0.2, 0.25) is 0 Å². The first-order chi connectivity index (χ1) is 15.6. The van der Waals surface area contributed by atoms with Crippen LogP contribution in [-0.4, -0.2) is 52.3 Å². The van der Waals surface area contributed by atoms with E-state index in [2.05, 4.69) is 26.4 Å². The standard InChI is InChI=1S/C24H28FN5O2/c1-17-27-23(28-30(17)19-12-10-18(25)11-13-19)24(31)26-16-21(29-14-6-3-7-15-29)20-8-4-5-9-22(20)32-2/h4-5,8-13,21H,3,6-7,14-16H2,1-2H3,(H,26,31). The number of ether oxygens (including phenoxy) is 1. The normalized spacial score (nSPS) is 15.3. The molecule has 8 heteroatoms. The van der Waals surface area contributed by atoms with Gasteiger partial charge in [0.15, 0.2) is 0 Å². The van der Waals surface area contributed by atoms with Crippen LogP contribution in [0.3, 0.4) is 0 Å². The topological polar surface area (TPSA) is 72.3 Å². The number of methoxy groups -OCH3 is 1. The molecule has 0 bridgehead atoms. The third-order valence-corrected chi connectivity index (χ3v) is 5.83. The van der Waals surface area contributed by atoms with Crippen molar-refractivity contribution in [2.45, 2.75) is 32.2 Å². The Labute approximate surface area is 187 Å². The first kappa shape index (κ1) is 22.0. The Morgan fingerprint density at radius 1 is 1.12 bits per heavy atom. The second-order valence-corrected chi connectivity index (χ2v) is 7.94. The molecule has 2 aromatic carbocycles. The molecule has 1 saturated heterocycles. The predicted molar refractivity (Wildman–Crippen MR) is 120 cm³/mol. The molecule has 0 radical (unpaired) electrons. The summed E-state index contributed by atoms with van der Waals surface area (Å²) in [5.41, 5.74) is 1.70. The van der Waals surface area contributed by atoms with Crippen molar-refractivity contribution >= 4 is 5.91 Å². The van der Waals surface area contributed by atoms with E-state index in [9.17, 15) is 9.18 Å². The van der Waals surface area contributed by atoms with Gasteiger partial charge < -0.3 is 10.1 Å². The number of para-hydroxylation sites is 1. The number of aryl methyl sites for hydroxylation is 1. The van der Waals surface area contributed by atoms with Gasteiger partial charge >= 0.3 is 0 Å². The minimum atomic E-state index is -0.342. The molecule has 1 atom stereocenters. The van der Waals surface area contributed by atoms with Crippen molar-refractivity contribution in [1.29, 1.82) is 0 Å². The quantitative estimate of drug-likeness (QED) is 0.611. The summed E-state index contributed by atoms with van der Waals surface area (Å²) in [6.07, 6.45) is 3.51. The molecule has 3 aromatic rings. The maximum absolute atomic E-state index is 13.2. The predicted octanol–water partition coefficient (Wildman–Crippen LogP) is 3.68. The SMILES string of the molecule is COc1ccccc1C(CNC(=O)c1nc(C)n(-c2ccc(F)cc2)n1)N1CCCCC1. The number of halogens is 1. The van der Waals surface area contributed by atoms with Gasteiger partial charge in [0.1, 0.15) is 17.4 Å².